The monoisotopic (exact) mass is 350 g/mol. The van der Waals surface area contributed by atoms with Crippen molar-refractivity contribution in [2.45, 2.75) is 37.2 Å². The predicted octanol–water partition coefficient (Wildman–Crippen LogP) is 3.31. The van der Waals surface area contributed by atoms with E-state index in [9.17, 15) is 27.9 Å². The summed E-state index contributed by atoms with van der Waals surface area (Å²) < 4.78 is 37.5. The number of aliphatic carboxylic acids is 1. The van der Waals surface area contributed by atoms with Gasteiger partial charge in [-0.15, -0.1) is 0 Å². The number of carbonyl (C=O) groups excluding carboxylic acids is 1. The van der Waals surface area contributed by atoms with Crippen molar-refractivity contribution < 1.29 is 27.9 Å². The van der Waals surface area contributed by atoms with Gasteiger partial charge >= 0.3 is 11.5 Å². The van der Waals surface area contributed by atoms with Crippen LogP contribution in [0.5, 0.6) is 0 Å². The van der Waals surface area contributed by atoms with E-state index in [1.54, 1.807) is 13.8 Å². The molecule has 0 unspecified atom stereocenters. The quantitative estimate of drug-likeness (QED) is 0.738. The van der Waals surface area contributed by atoms with Crippen molar-refractivity contribution in [2.75, 3.05) is 6.54 Å². The lowest BCUT2D eigenvalue weighted by Crippen LogP contribution is -2.42. The van der Waals surface area contributed by atoms with Gasteiger partial charge in [0.15, 0.2) is 0 Å². The van der Waals surface area contributed by atoms with Gasteiger partial charge in [0, 0.05) is 24.5 Å². The van der Waals surface area contributed by atoms with Crippen molar-refractivity contribution in [3.8, 4) is 0 Å². The first-order chi connectivity index (χ1) is 10.6. The Kier molecular flexibility index (Phi) is 6.43. The number of nitrogens with zero attached hydrogens (tertiary/aromatic N) is 1. The molecule has 2 N–H and O–H groups in total. The van der Waals surface area contributed by atoms with Gasteiger partial charge in [-0.3, -0.25) is 9.59 Å². The van der Waals surface area contributed by atoms with E-state index in [-0.39, 0.29) is 24.9 Å². The lowest BCUT2D eigenvalue weighted by molar-refractivity contribution is -0.149. The van der Waals surface area contributed by atoms with Crippen molar-refractivity contribution in [3.05, 3.63) is 23.9 Å². The molecule has 0 fully saturated rings. The van der Waals surface area contributed by atoms with E-state index in [2.05, 4.69) is 10.3 Å². The fourth-order valence-corrected chi connectivity index (χ4v) is 2.58. The normalized spacial score (nSPS) is 12.0. The molecule has 0 aliphatic heterocycles. The van der Waals surface area contributed by atoms with Crippen LogP contribution in [0.1, 0.15) is 37.0 Å². The summed E-state index contributed by atoms with van der Waals surface area (Å²) in [4.78, 5) is 27.1. The molecular weight excluding hydrogens is 333 g/mol. The number of rotatable bonds is 7. The van der Waals surface area contributed by atoms with Crippen molar-refractivity contribution in [1.29, 1.82) is 0 Å². The van der Waals surface area contributed by atoms with E-state index < -0.39 is 39.6 Å². The minimum atomic E-state index is -4.57. The molecule has 0 aliphatic carbocycles. The van der Waals surface area contributed by atoms with Crippen molar-refractivity contribution in [3.63, 3.8) is 0 Å². The standard InChI is InChI=1S/C14H17F3N2O3S/c1-3-13(4-2,12(21)22)8-19-10(20)9-6-5-7-18-11(9)23-14(15,16)17/h5-7H,3-4,8H2,1-2H3,(H,19,20)(H,21,22). The Morgan fingerprint density at radius 1 is 1.30 bits per heavy atom. The van der Waals surface area contributed by atoms with E-state index in [0.717, 1.165) is 6.20 Å². The number of aromatic nitrogens is 1. The molecule has 0 radical (unpaired) electrons. The summed E-state index contributed by atoms with van der Waals surface area (Å²) in [5.74, 6) is -1.84. The molecule has 0 aliphatic rings. The SMILES string of the molecule is CCC(CC)(CNC(=O)c1cccnc1SC(F)(F)F)C(=O)O. The zero-order valence-corrected chi connectivity index (χ0v) is 13.4. The van der Waals surface area contributed by atoms with Crippen LogP contribution >= 0.6 is 11.8 Å². The Hall–Kier alpha value is -1.77. The molecule has 9 heteroatoms. The highest BCUT2D eigenvalue weighted by atomic mass is 32.2. The van der Waals surface area contributed by atoms with Gasteiger partial charge in [-0.2, -0.15) is 13.2 Å². The van der Waals surface area contributed by atoms with Gasteiger partial charge in [0.25, 0.3) is 5.91 Å². The summed E-state index contributed by atoms with van der Waals surface area (Å²) in [6.07, 6.45) is 1.73. The molecule has 5 nitrogen and oxygen atoms in total. The molecule has 0 bridgehead atoms. The van der Waals surface area contributed by atoms with Crippen LogP contribution in [0.25, 0.3) is 0 Å². The molecule has 1 aromatic rings. The fourth-order valence-electron chi connectivity index (χ4n) is 1.98. The van der Waals surface area contributed by atoms with Gasteiger partial charge in [0.1, 0.15) is 5.03 Å². The van der Waals surface area contributed by atoms with Crippen LogP contribution in [0, 0.1) is 5.41 Å². The van der Waals surface area contributed by atoms with Gasteiger partial charge in [0.2, 0.25) is 0 Å². The summed E-state index contributed by atoms with van der Waals surface area (Å²) in [7, 11) is 0. The maximum atomic E-state index is 12.5. The van der Waals surface area contributed by atoms with Crippen LogP contribution in [-0.2, 0) is 4.79 Å². The van der Waals surface area contributed by atoms with E-state index in [1.165, 1.54) is 12.1 Å². The van der Waals surface area contributed by atoms with Gasteiger partial charge in [0.05, 0.1) is 11.0 Å². The lowest BCUT2D eigenvalue weighted by atomic mass is 9.82. The second-order valence-corrected chi connectivity index (χ2v) is 5.93. The summed E-state index contributed by atoms with van der Waals surface area (Å²) in [6, 6.07) is 2.57. The van der Waals surface area contributed by atoms with E-state index in [4.69, 9.17) is 0 Å². The number of thioether (sulfide) groups is 1. The highest BCUT2D eigenvalue weighted by Crippen LogP contribution is 2.37. The van der Waals surface area contributed by atoms with Crippen LogP contribution in [0.3, 0.4) is 0 Å². The maximum Gasteiger partial charge on any atom is 0.447 e. The Bertz CT molecular complexity index is 575. The molecule has 1 heterocycles. The fraction of sp³-hybridized carbons (Fsp3) is 0.500. The maximum absolute atomic E-state index is 12.5. The number of nitrogens with one attached hydrogen (secondary N) is 1. The molecule has 1 amide bonds. The minimum Gasteiger partial charge on any atom is -0.481 e. The first-order valence-electron chi connectivity index (χ1n) is 6.87. The number of hydrogen-bond donors (Lipinski definition) is 2. The van der Waals surface area contributed by atoms with Crippen LogP contribution in [0.4, 0.5) is 13.2 Å². The van der Waals surface area contributed by atoms with Crippen LogP contribution in [0.2, 0.25) is 0 Å². The summed E-state index contributed by atoms with van der Waals surface area (Å²) >= 11 is -0.481. The molecule has 0 saturated carbocycles. The van der Waals surface area contributed by atoms with Crippen molar-refractivity contribution >= 4 is 23.6 Å². The highest BCUT2D eigenvalue weighted by molar-refractivity contribution is 8.00. The number of carbonyl (C=O) groups is 2. The minimum absolute atomic E-state index is 0.167. The zero-order valence-electron chi connectivity index (χ0n) is 12.6. The van der Waals surface area contributed by atoms with Gasteiger partial charge in [-0.25, -0.2) is 4.98 Å². The average Bonchev–Trinajstić information content (AvgIpc) is 2.47. The highest BCUT2D eigenvalue weighted by Gasteiger charge is 2.36. The molecule has 128 valence electrons. The van der Waals surface area contributed by atoms with E-state index >= 15 is 0 Å². The summed E-state index contributed by atoms with van der Waals surface area (Å²) in [6.45, 7) is 3.19. The van der Waals surface area contributed by atoms with Crippen LogP contribution < -0.4 is 5.32 Å². The Morgan fingerprint density at radius 2 is 1.91 bits per heavy atom. The van der Waals surface area contributed by atoms with Crippen molar-refractivity contribution in [2.24, 2.45) is 5.41 Å². The number of alkyl halides is 3. The second-order valence-electron chi connectivity index (χ2n) is 4.88. The Labute approximate surface area is 135 Å². The molecule has 0 saturated heterocycles. The average molecular weight is 350 g/mol. The third-order valence-electron chi connectivity index (χ3n) is 3.62. The largest absolute Gasteiger partial charge is 0.481 e. The van der Waals surface area contributed by atoms with Crippen LogP contribution in [0.15, 0.2) is 23.4 Å². The van der Waals surface area contributed by atoms with Crippen LogP contribution in [-0.4, -0.2) is 34.0 Å². The number of carboxylic acid groups (broad SMARTS) is 1. The molecular formula is C14H17F3N2O3S. The number of halogens is 3. The van der Waals surface area contributed by atoms with E-state index in [1.807, 2.05) is 0 Å². The summed E-state index contributed by atoms with van der Waals surface area (Å²) in [5, 5.41) is 11.2. The first kappa shape index (κ1) is 19.3. The predicted molar refractivity (Wildman–Crippen MR) is 79.1 cm³/mol. The lowest BCUT2D eigenvalue weighted by Gasteiger charge is -2.26. The third kappa shape index (κ3) is 5.12. The van der Waals surface area contributed by atoms with Gasteiger partial charge in [-0.05, 0) is 25.0 Å². The van der Waals surface area contributed by atoms with Crippen molar-refractivity contribution in [1.82, 2.24) is 10.3 Å². The Morgan fingerprint density at radius 3 is 2.39 bits per heavy atom. The molecule has 0 atom stereocenters. The first-order valence-corrected chi connectivity index (χ1v) is 7.69. The van der Waals surface area contributed by atoms with Gasteiger partial charge < -0.3 is 10.4 Å². The molecule has 23 heavy (non-hydrogen) atoms. The number of amides is 1. The molecule has 0 spiro atoms. The number of pyridine rings is 1. The number of carboxylic acids is 1. The molecule has 1 aromatic heterocycles. The number of hydrogen-bond acceptors (Lipinski definition) is 4. The van der Waals surface area contributed by atoms with E-state index in [0.29, 0.717) is 0 Å². The molecule has 0 aromatic carbocycles. The van der Waals surface area contributed by atoms with Gasteiger partial charge in [-0.1, -0.05) is 13.8 Å². The zero-order chi connectivity index (χ0) is 17.7. The molecule has 1 rings (SSSR count). The summed E-state index contributed by atoms with van der Waals surface area (Å²) in [5.41, 5.74) is -5.95. The topological polar surface area (TPSA) is 79.3 Å². The Balaban J connectivity index is 2.93. The second kappa shape index (κ2) is 7.67. The smallest absolute Gasteiger partial charge is 0.447 e. The third-order valence-corrected chi connectivity index (χ3v) is 4.37.